The first-order valence-corrected chi connectivity index (χ1v) is 4.89. The van der Waals surface area contributed by atoms with Crippen LogP contribution in [0.3, 0.4) is 0 Å². The average Bonchev–Trinajstić information content (AvgIpc) is 2.75. The predicted octanol–water partition coefficient (Wildman–Crippen LogP) is 0.471. The van der Waals surface area contributed by atoms with E-state index in [2.05, 4.69) is 20.8 Å². The summed E-state index contributed by atoms with van der Waals surface area (Å²) in [6.45, 7) is 0. The Morgan fingerprint density at radius 1 is 1.41 bits per heavy atom. The van der Waals surface area contributed by atoms with Gasteiger partial charge in [-0.1, -0.05) is 17.2 Å². The normalized spacial score (nSPS) is 10.0. The molecule has 2 aromatic rings. The molecule has 0 saturated heterocycles. The number of nitrogens with one attached hydrogen (secondary N) is 1. The summed E-state index contributed by atoms with van der Waals surface area (Å²) in [6, 6.07) is 6.92. The maximum absolute atomic E-state index is 11.9. The molecule has 1 aromatic heterocycles. The van der Waals surface area contributed by atoms with Gasteiger partial charge in [0.1, 0.15) is 5.75 Å². The largest absolute Gasteiger partial charge is 0.496 e. The molecule has 0 saturated carbocycles. The molecule has 0 aliphatic carbocycles. The molecule has 0 bridgehead atoms. The van der Waals surface area contributed by atoms with E-state index in [0.29, 0.717) is 11.3 Å². The van der Waals surface area contributed by atoms with Crippen molar-refractivity contribution in [1.29, 1.82) is 0 Å². The van der Waals surface area contributed by atoms with Crippen LogP contribution in [0.4, 0.5) is 5.95 Å². The van der Waals surface area contributed by atoms with Gasteiger partial charge in [0.25, 0.3) is 5.91 Å². The van der Waals surface area contributed by atoms with Gasteiger partial charge in [0.05, 0.1) is 12.7 Å². The Morgan fingerprint density at radius 3 is 2.82 bits per heavy atom. The van der Waals surface area contributed by atoms with Gasteiger partial charge in [0, 0.05) is 7.05 Å². The number of ether oxygens (including phenoxy) is 1. The number of nitrogens with zero attached hydrogens (tertiary/aromatic N) is 4. The third kappa shape index (κ3) is 2.22. The Bertz CT molecular complexity index is 537. The molecule has 0 aliphatic rings. The van der Waals surface area contributed by atoms with E-state index in [1.165, 1.54) is 11.8 Å². The molecule has 7 heteroatoms. The van der Waals surface area contributed by atoms with Crippen molar-refractivity contribution in [2.75, 3.05) is 12.4 Å². The monoisotopic (exact) mass is 233 g/mol. The Hall–Kier alpha value is -2.44. The van der Waals surface area contributed by atoms with Crippen molar-refractivity contribution >= 4 is 11.9 Å². The predicted molar refractivity (Wildman–Crippen MR) is 59.7 cm³/mol. The van der Waals surface area contributed by atoms with Crippen molar-refractivity contribution in [3.05, 3.63) is 29.8 Å². The smallest absolute Gasteiger partial charge is 0.261 e. The van der Waals surface area contributed by atoms with E-state index in [0.717, 1.165) is 0 Å². The Balaban J connectivity index is 2.23. The average molecular weight is 233 g/mol. The summed E-state index contributed by atoms with van der Waals surface area (Å²) in [6.07, 6.45) is 0. The van der Waals surface area contributed by atoms with Gasteiger partial charge in [-0.15, -0.1) is 0 Å². The van der Waals surface area contributed by atoms with Gasteiger partial charge in [-0.3, -0.25) is 10.1 Å². The molecule has 0 atom stereocenters. The zero-order chi connectivity index (χ0) is 12.3. The maximum atomic E-state index is 11.9. The number of carbonyl (C=O) groups is 1. The fourth-order valence-corrected chi connectivity index (χ4v) is 1.34. The third-order valence-electron chi connectivity index (χ3n) is 2.20. The number of rotatable bonds is 3. The van der Waals surface area contributed by atoms with Gasteiger partial charge in [0.2, 0.25) is 5.95 Å². The second-order valence-electron chi connectivity index (χ2n) is 3.28. The van der Waals surface area contributed by atoms with E-state index in [4.69, 9.17) is 4.74 Å². The quantitative estimate of drug-likeness (QED) is 0.833. The SMILES string of the molecule is COc1ccccc1C(=O)Nc1nnnn1C. The Labute approximate surface area is 97.4 Å². The van der Waals surface area contributed by atoms with E-state index < -0.39 is 0 Å². The van der Waals surface area contributed by atoms with Gasteiger partial charge in [0.15, 0.2) is 0 Å². The van der Waals surface area contributed by atoms with Gasteiger partial charge in [-0.25, -0.2) is 4.68 Å². The molecule has 88 valence electrons. The summed E-state index contributed by atoms with van der Waals surface area (Å²) in [7, 11) is 3.15. The Kier molecular flexibility index (Phi) is 2.99. The number of tetrazole rings is 1. The number of hydrogen-bond acceptors (Lipinski definition) is 5. The molecule has 0 radical (unpaired) electrons. The summed E-state index contributed by atoms with van der Waals surface area (Å²) in [4.78, 5) is 11.9. The van der Waals surface area contributed by atoms with Crippen LogP contribution >= 0.6 is 0 Å². The minimum atomic E-state index is -0.319. The van der Waals surface area contributed by atoms with Gasteiger partial charge >= 0.3 is 0 Å². The number of carbonyl (C=O) groups excluding carboxylic acids is 1. The molecule has 1 aromatic carbocycles. The summed E-state index contributed by atoms with van der Waals surface area (Å²) in [5.74, 6) is 0.460. The zero-order valence-electron chi connectivity index (χ0n) is 9.41. The second-order valence-corrected chi connectivity index (χ2v) is 3.28. The van der Waals surface area contributed by atoms with E-state index in [9.17, 15) is 4.79 Å². The second kappa shape index (κ2) is 4.60. The van der Waals surface area contributed by atoms with Crippen molar-refractivity contribution in [3.8, 4) is 5.75 Å². The molecule has 1 heterocycles. The number of amides is 1. The lowest BCUT2D eigenvalue weighted by atomic mass is 10.2. The van der Waals surface area contributed by atoms with Crippen LogP contribution in [0.25, 0.3) is 0 Å². The van der Waals surface area contributed by atoms with Gasteiger partial charge in [-0.2, -0.15) is 0 Å². The highest BCUT2D eigenvalue weighted by Gasteiger charge is 2.13. The van der Waals surface area contributed by atoms with Crippen molar-refractivity contribution in [2.24, 2.45) is 7.05 Å². The molecular formula is C10H11N5O2. The maximum Gasteiger partial charge on any atom is 0.261 e. The fourth-order valence-electron chi connectivity index (χ4n) is 1.34. The highest BCUT2D eigenvalue weighted by atomic mass is 16.5. The van der Waals surface area contributed by atoms with Crippen LogP contribution < -0.4 is 10.1 Å². The number of benzene rings is 1. The number of aryl methyl sites for hydroxylation is 1. The first-order chi connectivity index (χ1) is 8.22. The van der Waals surface area contributed by atoms with Crippen LogP contribution in [0.1, 0.15) is 10.4 Å². The van der Waals surface area contributed by atoms with Gasteiger partial charge in [-0.05, 0) is 22.6 Å². The lowest BCUT2D eigenvalue weighted by molar-refractivity contribution is 0.102. The molecule has 2 rings (SSSR count). The Morgan fingerprint density at radius 2 is 2.18 bits per heavy atom. The summed E-state index contributed by atoms with van der Waals surface area (Å²) in [5.41, 5.74) is 0.429. The summed E-state index contributed by atoms with van der Waals surface area (Å²) in [5, 5.41) is 13.3. The minimum Gasteiger partial charge on any atom is -0.496 e. The lowest BCUT2D eigenvalue weighted by Gasteiger charge is -2.07. The molecule has 0 fully saturated rings. The molecule has 7 nitrogen and oxygen atoms in total. The van der Waals surface area contributed by atoms with Crippen molar-refractivity contribution < 1.29 is 9.53 Å². The molecule has 0 unspecified atom stereocenters. The minimum absolute atomic E-state index is 0.279. The van der Waals surface area contributed by atoms with E-state index in [1.807, 2.05) is 0 Å². The lowest BCUT2D eigenvalue weighted by Crippen LogP contribution is -2.16. The highest BCUT2D eigenvalue weighted by Crippen LogP contribution is 2.18. The number of methoxy groups -OCH3 is 1. The zero-order valence-corrected chi connectivity index (χ0v) is 9.41. The van der Waals surface area contributed by atoms with Crippen LogP contribution in [0.2, 0.25) is 0 Å². The van der Waals surface area contributed by atoms with E-state index >= 15 is 0 Å². The first kappa shape index (κ1) is 11.1. The molecule has 1 N–H and O–H groups in total. The third-order valence-corrected chi connectivity index (χ3v) is 2.20. The molecular weight excluding hydrogens is 222 g/mol. The number of para-hydroxylation sites is 1. The number of anilines is 1. The number of hydrogen-bond donors (Lipinski definition) is 1. The molecule has 0 aliphatic heterocycles. The topological polar surface area (TPSA) is 81.9 Å². The van der Waals surface area contributed by atoms with Crippen LogP contribution in [0.15, 0.2) is 24.3 Å². The summed E-state index contributed by atoms with van der Waals surface area (Å²) < 4.78 is 6.46. The van der Waals surface area contributed by atoms with E-state index in [1.54, 1.807) is 31.3 Å². The standard InChI is InChI=1S/C10H11N5O2/c1-15-10(12-13-14-15)11-9(16)7-5-3-4-6-8(7)17-2/h3-6H,1-2H3,(H,11,12,14,16). The van der Waals surface area contributed by atoms with Crippen LogP contribution in [0, 0.1) is 0 Å². The van der Waals surface area contributed by atoms with Crippen molar-refractivity contribution in [2.45, 2.75) is 0 Å². The van der Waals surface area contributed by atoms with Gasteiger partial charge < -0.3 is 4.74 Å². The fraction of sp³-hybridized carbons (Fsp3) is 0.200. The summed E-state index contributed by atoms with van der Waals surface area (Å²) >= 11 is 0. The highest BCUT2D eigenvalue weighted by molar-refractivity contribution is 6.05. The molecule has 0 spiro atoms. The van der Waals surface area contributed by atoms with Crippen molar-refractivity contribution in [3.63, 3.8) is 0 Å². The molecule has 17 heavy (non-hydrogen) atoms. The van der Waals surface area contributed by atoms with Crippen molar-refractivity contribution in [1.82, 2.24) is 20.2 Å². The number of aromatic nitrogens is 4. The van der Waals surface area contributed by atoms with E-state index in [-0.39, 0.29) is 11.9 Å². The molecule has 1 amide bonds. The van der Waals surface area contributed by atoms with Crippen LogP contribution in [0.5, 0.6) is 5.75 Å². The van der Waals surface area contributed by atoms with Crippen LogP contribution in [-0.2, 0) is 7.05 Å². The van der Waals surface area contributed by atoms with Crippen LogP contribution in [-0.4, -0.2) is 33.2 Å². The first-order valence-electron chi connectivity index (χ1n) is 4.89.